The number of hydrogen-bond donors (Lipinski definition) is 2. The zero-order valence-corrected chi connectivity index (χ0v) is 41.8. The summed E-state index contributed by atoms with van der Waals surface area (Å²) in [4.78, 5) is 35.3. The van der Waals surface area contributed by atoms with Crippen molar-refractivity contribution in [3.63, 3.8) is 0 Å². The van der Waals surface area contributed by atoms with Crippen LogP contribution in [0.2, 0.25) is 0 Å². The minimum Gasteiger partial charge on any atom is -0.459 e. The van der Waals surface area contributed by atoms with Gasteiger partial charge in [0, 0.05) is 36.7 Å². The van der Waals surface area contributed by atoms with E-state index in [0.717, 1.165) is 70.6 Å². The third-order valence-corrected chi connectivity index (χ3v) is 14.5. The van der Waals surface area contributed by atoms with Crippen LogP contribution in [-0.4, -0.2) is 78.1 Å². The highest BCUT2D eigenvalue weighted by molar-refractivity contribution is 6.03. The van der Waals surface area contributed by atoms with Gasteiger partial charge in [-0.05, 0) is 101 Å². The summed E-state index contributed by atoms with van der Waals surface area (Å²) in [6.45, 7) is 5.22. The van der Waals surface area contributed by atoms with E-state index in [4.69, 9.17) is 33.7 Å². The van der Waals surface area contributed by atoms with Crippen LogP contribution in [0.1, 0.15) is 83.5 Å². The van der Waals surface area contributed by atoms with E-state index >= 15 is 4.79 Å². The molecular formula is C62H66N2O10. The molecule has 0 bridgehead atoms. The molecule has 6 aromatic carbocycles. The number of fused-ring (bicyclic) bond motifs is 3. The first-order valence-corrected chi connectivity index (χ1v) is 25.9. The number of amides is 1. The lowest BCUT2D eigenvalue weighted by atomic mass is 9.55. The zero-order valence-electron chi connectivity index (χ0n) is 41.8. The number of carbonyl (C=O) groups excluding carboxylic acids is 2. The monoisotopic (exact) mass is 998 g/mol. The first kappa shape index (κ1) is 51.8. The molecule has 1 saturated carbocycles. The molecule has 2 N–H and O–H groups in total. The predicted octanol–water partition coefficient (Wildman–Crippen LogP) is 12.1. The molecule has 9 rings (SSSR count). The minimum atomic E-state index is -1.55. The topological polar surface area (TPSA) is 146 Å². The van der Waals surface area contributed by atoms with Crippen LogP contribution in [-0.2, 0) is 38.8 Å². The van der Waals surface area contributed by atoms with Crippen molar-refractivity contribution in [2.45, 2.75) is 82.5 Å². The molecule has 384 valence electrons. The van der Waals surface area contributed by atoms with E-state index in [-0.39, 0.29) is 70.4 Å². The zero-order chi connectivity index (χ0) is 51.1. The fourth-order valence-corrected chi connectivity index (χ4v) is 11.2. The largest absolute Gasteiger partial charge is 0.459 e. The summed E-state index contributed by atoms with van der Waals surface area (Å²) in [5, 5.41) is 27.3. The average molecular weight is 999 g/mol. The van der Waals surface area contributed by atoms with Gasteiger partial charge < -0.3 is 38.7 Å². The van der Waals surface area contributed by atoms with Gasteiger partial charge in [0.2, 0.25) is 5.79 Å². The summed E-state index contributed by atoms with van der Waals surface area (Å²) >= 11 is 0. The Labute approximate surface area is 433 Å². The van der Waals surface area contributed by atoms with Crippen molar-refractivity contribution in [3.05, 3.63) is 198 Å². The number of oxime groups is 1. The predicted molar refractivity (Wildman–Crippen MR) is 285 cm³/mol. The number of rotatable bonds is 25. The number of aliphatic hydroxyl groups excluding tert-OH is 2. The highest BCUT2D eigenvalue weighted by Gasteiger charge is 2.66. The normalized spacial score (nSPS) is 21.1. The van der Waals surface area contributed by atoms with E-state index in [1.807, 2.05) is 109 Å². The molecule has 12 heteroatoms. The molecule has 74 heavy (non-hydrogen) atoms. The number of allylic oxidation sites excluding steroid dienone is 1. The van der Waals surface area contributed by atoms with Crippen LogP contribution in [0.3, 0.4) is 0 Å². The third-order valence-electron chi connectivity index (χ3n) is 14.5. The summed E-state index contributed by atoms with van der Waals surface area (Å²) in [7, 11) is 0. The van der Waals surface area contributed by atoms with Gasteiger partial charge in [-0.1, -0.05) is 145 Å². The van der Waals surface area contributed by atoms with Crippen LogP contribution in [0.4, 0.5) is 4.79 Å². The van der Waals surface area contributed by atoms with E-state index in [1.165, 1.54) is 0 Å². The molecular weight excluding hydrogens is 933 g/mol. The molecule has 0 radical (unpaired) electrons. The summed E-state index contributed by atoms with van der Waals surface area (Å²) in [5.41, 5.74) is 5.81. The Bertz CT molecular complexity index is 2880. The number of nitrogens with zero attached hydrogens (tertiary/aromatic N) is 2. The van der Waals surface area contributed by atoms with Gasteiger partial charge in [-0.15, -0.1) is 6.58 Å². The SMILES string of the molecule is C=CCO[C@@]12Oc3ccc(Oc4cccc(C=O)c4)cc3[C@H]3[C@H](CCCCO)[C@@H](CCCCO)C=C(C(=NOCc4ccccc4)C[C@@H]1N(Cc1cccc4ccccc14)C(=O)OCCOCc1ccccc1)[C@H]32. The van der Waals surface area contributed by atoms with Crippen LogP contribution in [0.25, 0.3) is 10.8 Å². The van der Waals surface area contributed by atoms with Gasteiger partial charge in [0.25, 0.3) is 0 Å². The maximum atomic E-state index is 15.4. The maximum Gasteiger partial charge on any atom is 0.410 e. The number of benzene rings is 6. The highest BCUT2D eigenvalue weighted by atomic mass is 16.7. The van der Waals surface area contributed by atoms with Crippen LogP contribution in [0, 0.1) is 17.8 Å². The number of unbranched alkanes of at least 4 members (excludes halogenated alkanes) is 2. The highest BCUT2D eigenvalue weighted by Crippen LogP contribution is 2.62. The molecule has 1 aliphatic heterocycles. The van der Waals surface area contributed by atoms with E-state index in [1.54, 1.807) is 29.2 Å². The lowest BCUT2D eigenvalue weighted by Gasteiger charge is -2.59. The van der Waals surface area contributed by atoms with Crippen molar-refractivity contribution < 1.29 is 48.3 Å². The molecule has 6 aromatic rings. The Morgan fingerprint density at radius 3 is 2.27 bits per heavy atom. The lowest BCUT2D eigenvalue weighted by Crippen LogP contribution is -2.70. The van der Waals surface area contributed by atoms with Crippen molar-refractivity contribution in [1.29, 1.82) is 0 Å². The van der Waals surface area contributed by atoms with Gasteiger partial charge in [-0.2, -0.15) is 0 Å². The number of hydrogen-bond acceptors (Lipinski definition) is 11. The summed E-state index contributed by atoms with van der Waals surface area (Å²) in [5.74, 6) is -0.807. The van der Waals surface area contributed by atoms with Crippen molar-refractivity contribution in [3.8, 4) is 17.2 Å². The van der Waals surface area contributed by atoms with Gasteiger partial charge in [0.1, 0.15) is 42.8 Å². The third kappa shape index (κ3) is 12.0. The van der Waals surface area contributed by atoms with Crippen LogP contribution in [0.5, 0.6) is 17.2 Å². The molecule has 6 atom stereocenters. The van der Waals surface area contributed by atoms with Crippen molar-refractivity contribution in [2.24, 2.45) is 22.9 Å². The minimum absolute atomic E-state index is 0.00600. The number of ether oxygens (including phenoxy) is 5. The van der Waals surface area contributed by atoms with Gasteiger partial charge in [0.05, 0.1) is 38.0 Å². The molecule has 3 aliphatic rings. The lowest BCUT2D eigenvalue weighted by molar-refractivity contribution is -0.256. The Morgan fingerprint density at radius 1 is 0.784 bits per heavy atom. The molecule has 0 spiro atoms. The van der Waals surface area contributed by atoms with Gasteiger partial charge >= 0.3 is 6.09 Å². The second-order valence-corrected chi connectivity index (χ2v) is 19.2. The smallest absolute Gasteiger partial charge is 0.410 e. The number of aliphatic hydroxyl groups is 2. The molecule has 1 heterocycles. The Morgan fingerprint density at radius 2 is 1.50 bits per heavy atom. The van der Waals surface area contributed by atoms with Gasteiger partial charge in [-0.25, -0.2) is 4.79 Å². The standard InChI is InChI=1S/C62H66N2O10/c1-2-33-71-62-58(64(40-49-25-16-24-47-22-9-10-27-52(47)49)61(68)70-35-34-69-42-44-17-5-3-6-18-44)39-56(63-72-43-45-19-7-4-8-20-45)54-37-48(23-11-13-31-65)53(28-12-14-32-66)59(60(54)62)55-38-51(29-30-57(55)74-62)73-50-26-15-21-46(36-50)41-67/h2-10,15-22,24-27,29-30,36-38,41,48,53,58-60,65-66H,1,11-14,23,28,31-35,39-40,42-43H2/t48-,53+,58-,59+,60+,62+/m0/s1. The Balaban J connectivity index is 1.21. The Hall–Kier alpha value is -7.09. The Kier molecular flexibility index (Phi) is 17.7. The quantitative estimate of drug-likeness (QED) is 0.0246. The van der Waals surface area contributed by atoms with Gasteiger partial charge in [0.15, 0.2) is 0 Å². The van der Waals surface area contributed by atoms with E-state index in [9.17, 15) is 15.0 Å². The van der Waals surface area contributed by atoms with Crippen molar-refractivity contribution >= 4 is 28.9 Å². The molecule has 0 saturated heterocycles. The number of aldehydes is 1. The fourth-order valence-electron chi connectivity index (χ4n) is 11.2. The van der Waals surface area contributed by atoms with E-state index in [0.29, 0.717) is 48.0 Å². The summed E-state index contributed by atoms with van der Waals surface area (Å²) in [6.07, 6.45) is 8.77. The van der Waals surface area contributed by atoms with Crippen molar-refractivity contribution in [2.75, 3.05) is 33.0 Å². The van der Waals surface area contributed by atoms with Crippen molar-refractivity contribution in [1.82, 2.24) is 4.90 Å². The summed E-state index contributed by atoms with van der Waals surface area (Å²) in [6, 6.07) is 45.9. The van der Waals surface area contributed by atoms with E-state index < -0.39 is 23.8 Å². The summed E-state index contributed by atoms with van der Waals surface area (Å²) < 4.78 is 33.6. The second kappa shape index (κ2) is 25.2. The average Bonchev–Trinajstić information content (AvgIpc) is 3.44. The first-order valence-electron chi connectivity index (χ1n) is 25.9. The molecule has 12 nitrogen and oxygen atoms in total. The van der Waals surface area contributed by atoms with Crippen LogP contribution >= 0.6 is 0 Å². The first-order chi connectivity index (χ1) is 36.4. The van der Waals surface area contributed by atoms with E-state index in [2.05, 4.69) is 30.9 Å². The molecule has 0 aromatic heterocycles. The second-order valence-electron chi connectivity index (χ2n) is 19.2. The molecule has 0 unspecified atom stereocenters. The fraction of sp³-hybridized carbons (Fsp3) is 0.339. The molecule has 1 fully saturated rings. The number of carbonyl (C=O) groups is 2. The van der Waals surface area contributed by atoms with Crippen LogP contribution < -0.4 is 9.47 Å². The molecule has 1 amide bonds. The molecule has 2 aliphatic carbocycles. The van der Waals surface area contributed by atoms with Gasteiger partial charge in [-0.3, -0.25) is 9.69 Å². The van der Waals surface area contributed by atoms with Crippen LogP contribution in [0.15, 0.2) is 175 Å². The maximum absolute atomic E-state index is 15.4.